The van der Waals surface area contributed by atoms with Gasteiger partial charge in [-0.15, -0.1) is 5.10 Å². The number of ether oxygens (including phenoxy) is 1. The standard InChI is InChI=1S/C9H11N5O/c1-6-4-8(14-13-6)15-9-11-3-2-7(5-10)12-9/h2-4H,5,10H2,1H3,(H,13,14). The summed E-state index contributed by atoms with van der Waals surface area (Å²) < 4.78 is 5.32. The Labute approximate surface area is 86.5 Å². The van der Waals surface area contributed by atoms with Crippen LogP contribution in [-0.4, -0.2) is 20.2 Å². The van der Waals surface area contributed by atoms with E-state index in [9.17, 15) is 0 Å². The highest BCUT2D eigenvalue weighted by atomic mass is 16.5. The summed E-state index contributed by atoms with van der Waals surface area (Å²) in [6, 6.07) is 3.76. The van der Waals surface area contributed by atoms with Gasteiger partial charge in [-0.3, -0.25) is 5.10 Å². The highest BCUT2D eigenvalue weighted by Crippen LogP contribution is 2.14. The van der Waals surface area contributed by atoms with Gasteiger partial charge in [-0.1, -0.05) is 0 Å². The molecule has 0 spiro atoms. The van der Waals surface area contributed by atoms with E-state index in [2.05, 4.69) is 20.2 Å². The van der Waals surface area contributed by atoms with E-state index in [1.807, 2.05) is 6.92 Å². The van der Waals surface area contributed by atoms with Crippen molar-refractivity contribution in [1.29, 1.82) is 0 Å². The smallest absolute Gasteiger partial charge is 0.323 e. The van der Waals surface area contributed by atoms with Crippen molar-refractivity contribution >= 4 is 0 Å². The van der Waals surface area contributed by atoms with Crippen molar-refractivity contribution in [2.24, 2.45) is 5.73 Å². The number of H-pyrrole nitrogens is 1. The predicted octanol–water partition coefficient (Wildman–Crippen LogP) is 0.759. The summed E-state index contributed by atoms with van der Waals surface area (Å²) in [5.74, 6) is 0.446. The van der Waals surface area contributed by atoms with Crippen LogP contribution in [0.3, 0.4) is 0 Å². The van der Waals surface area contributed by atoms with Crippen molar-refractivity contribution in [2.75, 3.05) is 0 Å². The summed E-state index contributed by atoms with van der Waals surface area (Å²) in [7, 11) is 0. The Morgan fingerprint density at radius 2 is 2.40 bits per heavy atom. The highest BCUT2D eigenvalue weighted by Gasteiger charge is 2.03. The van der Waals surface area contributed by atoms with Gasteiger partial charge in [0.2, 0.25) is 5.88 Å². The summed E-state index contributed by atoms with van der Waals surface area (Å²) in [6.07, 6.45) is 1.60. The quantitative estimate of drug-likeness (QED) is 0.772. The molecule has 78 valence electrons. The molecule has 3 N–H and O–H groups in total. The second-order valence-corrected chi connectivity index (χ2v) is 3.03. The van der Waals surface area contributed by atoms with Crippen LogP contribution < -0.4 is 10.5 Å². The maximum atomic E-state index is 5.45. The zero-order valence-corrected chi connectivity index (χ0v) is 8.27. The van der Waals surface area contributed by atoms with Crippen molar-refractivity contribution in [2.45, 2.75) is 13.5 Å². The molecule has 0 amide bonds. The number of nitrogens with zero attached hydrogens (tertiary/aromatic N) is 3. The van der Waals surface area contributed by atoms with E-state index in [-0.39, 0.29) is 6.01 Å². The Kier molecular flexibility index (Phi) is 2.59. The van der Waals surface area contributed by atoms with E-state index in [0.717, 1.165) is 11.4 Å². The van der Waals surface area contributed by atoms with Crippen LogP contribution >= 0.6 is 0 Å². The van der Waals surface area contributed by atoms with Gasteiger partial charge in [0.25, 0.3) is 0 Å². The molecule has 2 aromatic heterocycles. The molecular formula is C9H11N5O. The lowest BCUT2D eigenvalue weighted by atomic mass is 10.4. The number of hydrogen-bond acceptors (Lipinski definition) is 5. The van der Waals surface area contributed by atoms with Crippen molar-refractivity contribution in [3.05, 3.63) is 29.7 Å². The molecule has 2 rings (SSSR count). The molecule has 0 aliphatic rings. The van der Waals surface area contributed by atoms with E-state index in [1.54, 1.807) is 18.3 Å². The van der Waals surface area contributed by atoms with Crippen LogP contribution in [0, 0.1) is 6.92 Å². The fourth-order valence-electron chi connectivity index (χ4n) is 1.08. The van der Waals surface area contributed by atoms with E-state index in [0.29, 0.717) is 12.4 Å². The number of rotatable bonds is 3. The van der Waals surface area contributed by atoms with Crippen LogP contribution in [0.2, 0.25) is 0 Å². The fourth-order valence-corrected chi connectivity index (χ4v) is 1.08. The third kappa shape index (κ3) is 2.29. The van der Waals surface area contributed by atoms with E-state index >= 15 is 0 Å². The van der Waals surface area contributed by atoms with Crippen molar-refractivity contribution in [3.8, 4) is 11.9 Å². The first-order valence-corrected chi connectivity index (χ1v) is 4.50. The normalized spacial score (nSPS) is 10.3. The van der Waals surface area contributed by atoms with Crippen molar-refractivity contribution in [3.63, 3.8) is 0 Å². The molecule has 0 bridgehead atoms. The van der Waals surface area contributed by atoms with E-state index in [4.69, 9.17) is 10.5 Å². The van der Waals surface area contributed by atoms with Gasteiger partial charge in [0.15, 0.2) is 0 Å². The maximum Gasteiger partial charge on any atom is 0.323 e. The molecule has 6 heteroatoms. The molecule has 0 aliphatic heterocycles. The van der Waals surface area contributed by atoms with Crippen molar-refractivity contribution in [1.82, 2.24) is 20.2 Å². The third-order valence-corrected chi connectivity index (χ3v) is 1.78. The lowest BCUT2D eigenvalue weighted by molar-refractivity contribution is 0.422. The molecule has 0 fully saturated rings. The monoisotopic (exact) mass is 205 g/mol. The van der Waals surface area contributed by atoms with Crippen molar-refractivity contribution < 1.29 is 4.74 Å². The van der Waals surface area contributed by atoms with E-state index < -0.39 is 0 Å². The van der Waals surface area contributed by atoms with Gasteiger partial charge in [-0.25, -0.2) is 4.98 Å². The van der Waals surface area contributed by atoms with Gasteiger partial charge < -0.3 is 10.5 Å². The summed E-state index contributed by atoms with van der Waals surface area (Å²) in [4.78, 5) is 8.03. The average molecular weight is 205 g/mol. The largest absolute Gasteiger partial charge is 0.404 e. The van der Waals surface area contributed by atoms with Gasteiger partial charge in [0, 0.05) is 24.5 Å². The summed E-state index contributed by atoms with van der Waals surface area (Å²) in [5, 5.41) is 6.67. The Bertz CT molecular complexity index is 453. The van der Waals surface area contributed by atoms with Gasteiger partial charge in [-0.05, 0) is 13.0 Å². The maximum absolute atomic E-state index is 5.45. The Hall–Kier alpha value is -1.95. The van der Waals surface area contributed by atoms with Crippen LogP contribution in [0.15, 0.2) is 18.3 Å². The second-order valence-electron chi connectivity index (χ2n) is 3.03. The molecule has 0 unspecified atom stereocenters. The first kappa shape index (κ1) is 9.60. The number of aromatic amines is 1. The fraction of sp³-hybridized carbons (Fsp3) is 0.222. The zero-order chi connectivity index (χ0) is 10.7. The molecule has 15 heavy (non-hydrogen) atoms. The number of nitrogens with one attached hydrogen (secondary N) is 1. The Morgan fingerprint density at radius 3 is 3.07 bits per heavy atom. The van der Waals surface area contributed by atoms with Gasteiger partial charge in [0.1, 0.15) is 0 Å². The molecule has 0 aromatic carbocycles. The first-order valence-electron chi connectivity index (χ1n) is 4.50. The lowest BCUT2D eigenvalue weighted by Gasteiger charge is -2.00. The SMILES string of the molecule is Cc1cc(Oc2nccc(CN)n2)n[nH]1. The van der Waals surface area contributed by atoms with Gasteiger partial charge >= 0.3 is 6.01 Å². The first-order chi connectivity index (χ1) is 7.28. The van der Waals surface area contributed by atoms with Crippen LogP contribution in [0.4, 0.5) is 0 Å². The molecule has 2 heterocycles. The minimum absolute atomic E-state index is 0.254. The Morgan fingerprint density at radius 1 is 1.53 bits per heavy atom. The second kappa shape index (κ2) is 4.05. The van der Waals surface area contributed by atoms with E-state index in [1.165, 1.54) is 0 Å². The van der Waals surface area contributed by atoms with Gasteiger partial charge in [0.05, 0.1) is 5.69 Å². The van der Waals surface area contributed by atoms with Crippen LogP contribution in [0.25, 0.3) is 0 Å². The molecule has 0 saturated heterocycles. The average Bonchev–Trinajstić information content (AvgIpc) is 2.64. The van der Waals surface area contributed by atoms with Crippen LogP contribution in [0.5, 0.6) is 11.9 Å². The topological polar surface area (TPSA) is 89.7 Å². The minimum Gasteiger partial charge on any atom is -0.404 e. The molecule has 0 saturated carbocycles. The Balaban J connectivity index is 2.16. The molecule has 0 atom stereocenters. The molecular weight excluding hydrogens is 194 g/mol. The third-order valence-electron chi connectivity index (χ3n) is 1.78. The zero-order valence-electron chi connectivity index (χ0n) is 8.27. The lowest BCUT2D eigenvalue weighted by Crippen LogP contribution is -2.01. The number of aryl methyl sites for hydroxylation is 1. The molecule has 0 radical (unpaired) electrons. The van der Waals surface area contributed by atoms with Crippen LogP contribution in [-0.2, 0) is 6.54 Å². The summed E-state index contributed by atoms with van der Waals surface area (Å²) in [5.41, 5.74) is 7.09. The highest BCUT2D eigenvalue weighted by molar-refractivity contribution is 5.17. The molecule has 2 aromatic rings. The predicted molar refractivity (Wildman–Crippen MR) is 53.3 cm³/mol. The summed E-state index contributed by atoms with van der Waals surface area (Å²) in [6.45, 7) is 2.25. The number of aromatic nitrogens is 4. The minimum atomic E-state index is 0.254. The van der Waals surface area contributed by atoms with Gasteiger partial charge in [-0.2, -0.15) is 4.98 Å². The molecule has 6 nitrogen and oxygen atoms in total. The van der Waals surface area contributed by atoms with Crippen LogP contribution in [0.1, 0.15) is 11.4 Å². The summed E-state index contributed by atoms with van der Waals surface area (Å²) >= 11 is 0. The number of hydrogen-bond donors (Lipinski definition) is 2. The molecule has 0 aliphatic carbocycles. The number of nitrogens with two attached hydrogens (primary N) is 1.